The molecule has 1 rings (SSSR count). The minimum absolute atomic E-state index is 0.0608. The van der Waals surface area contributed by atoms with E-state index in [1.807, 2.05) is 6.08 Å². The third kappa shape index (κ3) is 4.62. The molecule has 1 aliphatic heterocycles. The van der Waals surface area contributed by atoms with Crippen molar-refractivity contribution in [3.8, 4) is 0 Å². The van der Waals surface area contributed by atoms with Crippen LogP contribution in [-0.4, -0.2) is 43.1 Å². The number of nitrogens with zero attached hydrogens (tertiary/aromatic N) is 2. The summed E-state index contributed by atoms with van der Waals surface area (Å²) in [6.45, 7) is 14.8. The van der Waals surface area contributed by atoms with Crippen LogP contribution in [0.15, 0.2) is 17.6 Å². The minimum atomic E-state index is 0.0608. The topological polar surface area (TPSA) is 24.8 Å². The summed E-state index contributed by atoms with van der Waals surface area (Å²) < 4.78 is 5.38. The van der Waals surface area contributed by atoms with Gasteiger partial charge in [0.1, 0.15) is 5.84 Å². The molecule has 0 aromatic carbocycles. The van der Waals surface area contributed by atoms with Crippen LogP contribution in [0, 0.1) is 5.41 Å². The summed E-state index contributed by atoms with van der Waals surface area (Å²) in [6.07, 6.45) is 6.63. The largest absolute Gasteiger partial charge is 0.383 e. The van der Waals surface area contributed by atoms with E-state index in [4.69, 9.17) is 9.73 Å². The van der Waals surface area contributed by atoms with Gasteiger partial charge < -0.3 is 9.64 Å². The molecule has 0 spiro atoms. The van der Waals surface area contributed by atoms with Crippen molar-refractivity contribution in [3.63, 3.8) is 0 Å². The van der Waals surface area contributed by atoms with Gasteiger partial charge in [0.25, 0.3) is 0 Å². The number of ether oxygens (including phenoxy) is 1. The fourth-order valence-electron chi connectivity index (χ4n) is 2.87. The molecule has 1 heterocycles. The lowest BCUT2D eigenvalue weighted by Crippen LogP contribution is -2.45. The molecular formula is C17H32N2O. The summed E-state index contributed by atoms with van der Waals surface area (Å²) in [4.78, 5) is 7.51. The summed E-state index contributed by atoms with van der Waals surface area (Å²) in [5, 5.41) is 0. The van der Waals surface area contributed by atoms with Gasteiger partial charge in [0, 0.05) is 19.1 Å². The molecule has 0 aliphatic carbocycles. The highest BCUT2D eigenvalue weighted by Gasteiger charge is 2.33. The number of amidine groups is 1. The van der Waals surface area contributed by atoms with E-state index in [2.05, 4.69) is 39.2 Å². The van der Waals surface area contributed by atoms with Crippen LogP contribution in [0.5, 0.6) is 0 Å². The first-order chi connectivity index (χ1) is 9.43. The molecule has 0 aromatic heterocycles. The van der Waals surface area contributed by atoms with Gasteiger partial charge in [-0.25, -0.2) is 0 Å². The molecule has 0 unspecified atom stereocenters. The lowest BCUT2D eigenvalue weighted by Gasteiger charge is -2.35. The van der Waals surface area contributed by atoms with Gasteiger partial charge in [-0.3, -0.25) is 4.99 Å². The van der Waals surface area contributed by atoms with Crippen molar-refractivity contribution < 1.29 is 4.74 Å². The first-order valence-corrected chi connectivity index (χ1v) is 7.90. The van der Waals surface area contributed by atoms with Crippen LogP contribution in [0.3, 0.4) is 0 Å². The highest BCUT2D eigenvalue weighted by molar-refractivity contribution is 5.88. The summed E-state index contributed by atoms with van der Waals surface area (Å²) in [6, 6.07) is 0.711. The van der Waals surface area contributed by atoms with Crippen molar-refractivity contribution in [3.05, 3.63) is 12.7 Å². The molecule has 2 atom stereocenters. The Kier molecular flexibility index (Phi) is 6.74. The second kappa shape index (κ2) is 7.82. The average Bonchev–Trinajstić information content (AvgIpc) is 2.81. The van der Waals surface area contributed by atoms with E-state index in [1.54, 1.807) is 7.11 Å². The fraction of sp³-hybridized carbons (Fsp3) is 0.824. The molecule has 0 bridgehead atoms. The lowest BCUT2D eigenvalue weighted by molar-refractivity contribution is 0.141. The number of hydrogen-bond donors (Lipinski definition) is 0. The first kappa shape index (κ1) is 17.2. The highest BCUT2D eigenvalue weighted by atomic mass is 16.5. The summed E-state index contributed by atoms with van der Waals surface area (Å²) in [7, 11) is 1.79. The van der Waals surface area contributed by atoms with Crippen molar-refractivity contribution in [1.29, 1.82) is 0 Å². The standard InChI is InChI=1S/C17H32N2O/c1-7-10-14(8-2)18-16(17(3,4)5)19-12-9-11-15(19)13-20-6/h8,14-15H,2,7,9-13H2,1,3-6H3/t14-,15+/m1/s1. The Morgan fingerprint density at radius 3 is 2.70 bits per heavy atom. The molecule has 1 aliphatic rings. The number of rotatable bonds is 6. The first-order valence-electron chi connectivity index (χ1n) is 7.90. The van der Waals surface area contributed by atoms with Crippen LogP contribution < -0.4 is 0 Å². The maximum atomic E-state index is 5.38. The van der Waals surface area contributed by atoms with Crippen molar-refractivity contribution in [2.45, 2.75) is 65.5 Å². The predicted molar refractivity (Wildman–Crippen MR) is 87.4 cm³/mol. The van der Waals surface area contributed by atoms with Gasteiger partial charge >= 0.3 is 0 Å². The van der Waals surface area contributed by atoms with E-state index in [0.717, 1.165) is 26.0 Å². The zero-order valence-electron chi connectivity index (χ0n) is 14.0. The summed E-state index contributed by atoms with van der Waals surface area (Å²) >= 11 is 0. The van der Waals surface area contributed by atoms with Gasteiger partial charge in [-0.1, -0.05) is 40.2 Å². The van der Waals surface area contributed by atoms with Crippen molar-refractivity contribution in [1.82, 2.24) is 4.90 Å². The van der Waals surface area contributed by atoms with E-state index in [9.17, 15) is 0 Å². The quantitative estimate of drug-likeness (QED) is 0.419. The molecule has 0 saturated carbocycles. The molecule has 0 aromatic rings. The average molecular weight is 280 g/mol. The molecule has 3 nitrogen and oxygen atoms in total. The van der Waals surface area contributed by atoms with Crippen molar-refractivity contribution >= 4 is 5.84 Å². The lowest BCUT2D eigenvalue weighted by atomic mass is 9.93. The van der Waals surface area contributed by atoms with E-state index in [0.29, 0.717) is 6.04 Å². The van der Waals surface area contributed by atoms with E-state index in [1.165, 1.54) is 18.7 Å². The smallest absolute Gasteiger partial charge is 0.105 e. The molecule has 0 radical (unpaired) electrons. The Balaban J connectivity index is 2.99. The summed E-state index contributed by atoms with van der Waals surface area (Å²) in [5.74, 6) is 1.22. The number of aliphatic imine (C=N–C) groups is 1. The molecule has 3 heteroatoms. The third-order valence-electron chi connectivity index (χ3n) is 3.82. The number of hydrogen-bond acceptors (Lipinski definition) is 2. The normalized spacial score (nSPS) is 22.1. The fourth-order valence-corrected chi connectivity index (χ4v) is 2.87. The van der Waals surface area contributed by atoms with E-state index < -0.39 is 0 Å². The van der Waals surface area contributed by atoms with Gasteiger partial charge in [0.05, 0.1) is 18.7 Å². The van der Waals surface area contributed by atoms with Gasteiger partial charge in [0.15, 0.2) is 0 Å². The Morgan fingerprint density at radius 1 is 1.50 bits per heavy atom. The molecule has 116 valence electrons. The van der Waals surface area contributed by atoms with Crippen LogP contribution >= 0.6 is 0 Å². The van der Waals surface area contributed by atoms with Gasteiger partial charge in [-0.05, 0) is 19.3 Å². The van der Waals surface area contributed by atoms with E-state index in [-0.39, 0.29) is 11.5 Å². The monoisotopic (exact) mass is 280 g/mol. The van der Waals surface area contributed by atoms with Gasteiger partial charge in [-0.15, -0.1) is 6.58 Å². The molecule has 0 N–H and O–H groups in total. The molecule has 1 saturated heterocycles. The Bertz CT molecular complexity index is 330. The number of likely N-dealkylation sites (tertiary alicyclic amines) is 1. The van der Waals surface area contributed by atoms with Crippen molar-refractivity contribution in [2.75, 3.05) is 20.3 Å². The second-order valence-electron chi connectivity index (χ2n) is 6.74. The Morgan fingerprint density at radius 2 is 2.20 bits per heavy atom. The number of methoxy groups -OCH3 is 1. The van der Waals surface area contributed by atoms with Crippen LogP contribution in [0.4, 0.5) is 0 Å². The van der Waals surface area contributed by atoms with Gasteiger partial charge in [-0.2, -0.15) is 0 Å². The SMILES string of the molecule is C=C[C@H](CCC)N=C(N1CCC[C@H]1COC)C(C)(C)C. The molecule has 20 heavy (non-hydrogen) atoms. The Hall–Kier alpha value is -0.830. The maximum Gasteiger partial charge on any atom is 0.105 e. The molecule has 0 amide bonds. The van der Waals surface area contributed by atoms with Crippen molar-refractivity contribution in [2.24, 2.45) is 10.4 Å². The van der Waals surface area contributed by atoms with Crippen LogP contribution in [0.2, 0.25) is 0 Å². The Labute approximate surface area is 125 Å². The van der Waals surface area contributed by atoms with Crippen LogP contribution in [0.1, 0.15) is 53.4 Å². The minimum Gasteiger partial charge on any atom is -0.383 e. The third-order valence-corrected chi connectivity index (χ3v) is 3.82. The van der Waals surface area contributed by atoms with Crippen LogP contribution in [-0.2, 0) is 4.74 Å². The maximum absolute atomic E-state index is 5.38. The zero-order chi connectivity index (χ0) is 15.2. The molecule has 1 fully saturated rings. The van der Waals surface area contributed by atoms with E-state index >= 15 is 0 Å². The van der Waals surface area contributed by atoms with Crippen LogP contribution in [0.25, 0.3) is 0 Å². The molecular weight excluding hydrogens is 248 g/mol. The second-order valence-corrected chi connectivity index (χ2v) is 6.74. The van der Waals surface area contributed by atoms with Gasteiger partial charge in [0.2, 0.25) is 0 Å². The highest BCUT2D eigenvalue weighted by Crippen LogP contribution is 2.27. The summed E-state index contributed by atoms with van der Waals surface area (Å²) in [5.41, 5.74) is 0.0608. The zero-order valence-corrected chi connectivity index (χ0v) is 14.0. The predicted octanol–water partition coefficient (Wildman–Crippen LogP) is 3.90.